The number of nitrogens with zero attached hydrogens (tertiary/aromatic N) is 3. The zero-order valence-electron chi connectivity index (χ0n) is 14.5. The van der Waals surface area contributed by atoms with E-state index in [1.54, 1.807) is 38.1 Å². The first-order valence-corrected chi connectivity index (χ1v) is 8.42. The zero-order valence-corrected chi connectivity index (χ0v) is 15.3. The standard InChI is InChI=1S/C18H15ClN4O4/c1-3-26-18(25)23-15(13(8-20)10(2)22-17(23)24)14-16(27-9-21-14)11-4-6-12(19)7-5-11/h4-7,9,15H,3H2,1-2H3,(H,22,24). The van der Waals surface area contributed by atoms with Gasteiger partial charge < -0.3 is 14.5 Å². The molecule has 1 atom stereocenters. The van der Waals surface area contributed by atoms with E-state index >= 15 is 0 Å². The number of hydrogen-bond donors (Lipinski definition) is 1. The molecule has 0 bridgehead atoms. The number of aromatic nitrogens is 1. The van der Waals surface area contributed by atoms with E-state index in [0.717, 1.165) is 4.90 Å². The highest BCUT2D eigenvalue weighted by Crippen LogP contribution is 2.38. The smallest absolute Gasteiger partial charge is 0.418 e. The number of rotatable bonds is 3. The topological polar surface area (TPSA) is 108 Å². The molecule has 0 radical (unpaired) electrons. The van der Waals surface area contributed by atoms with Crippen molar-refractivity contribution in [2.75, 3.05) is 6.61 Å². The van der Waals surface area contributed by atoms with Crippen LogP contribution in [0.4, 0.5) is 9.59 Å². The third kappa shape index (κ3) is 3.37. The minimum Gasteiger partial charge on any atom is -0.449 e. The molecule has 138 valence electrons. The van der Waals surface area contributed by atoms with Gasteiger partial charge in [-0.05, 0) is 38.1 Å². The van der Waals surface area contributed by atoms with Crippen molar-refractivity contribution in [1.82, 2.24) is 15.2 Å². The molecule has 0 saturated heterocycles. The minimum atomic E-state index is -1.08. The van der Waals surface area contributed by atoms with Gasteiger partial charge in [0.05, 0.1) is 18.2 Å². The second-order valence-corrected chi connectivity index (χ2v) is 6.06. The number of imide groups is 1. The lowest BCUT2D eigenvalue weighted by Crippen LogP contribution is -2.50. The Morgan fingerprint density at radius 1 is 1.44 bits per heavy atom. The Labute approximate surface area is 160 Å². The molecule has 0 fully saturated rings. The van der Waals surface area contributed by atoms with Crippen LogP contribution in [0.25, 0.3) is 11.3 Å². The molecule has 1 N–H and O–H groups in total. The van der Waals surface area contributed by atoms with Gasteiger partial charge >= 0.3 is 12.1 Å². The third-order valence-corrected chi connectivity index (χ3v) is 4.25. The lowest BCUT2D eigenvalue weighted by atomic mass is 9.96. The summed E-state index contributed by atoms with van der Waals surface area (Å²) < 4.78 is 10.5. The van der Waals surface area contributed by atoms with Crippen LogP contribution in [-0.2, 0) is 4.74 Å². The van der Waals surface area contributed by atoms with Gasteiger partial charge in [-0.25, -0.2) is 19.5 Å². The van der Waals surface area contributed by atoms with Crippen molar-refractivity contribution in [2.24, 2.45) is 0 Å². The minimum absolute atomic E-state index is 0.0722. The zero-order chi connectivity index (χ0) is 19.6. The van der Waals surface area contributed by atoms with Crippen LogP contribution in [-0.4, -0.2) is 28.6 Å². The lowest BCUT2D eigenvalue weighted by molar-refractivity contribution is 0.104. The summed E-state index contributed by atoms with van der Waals surface area (Å²) in [6.45, 7) is 3.27. The van der Waals surface area contributed by atoms with Gasteiger partial charge in [0.15, 0.2) is 12.2 Å². The molecular weight excluding hydrogens is 372 g/mol. The van der Waals surface area contributed by atoms with E-state index in [1.165, 1.54) is 6.39 Å². The van der Waals surface area contributed by atoms with Crippen LogP contribution in [0.3, 0.4) is 0 Å². The molecule has 1 aromatic heterocycles. The highest BCUT2D eigenvalue weighted by Gasteiger charge is 2.42. The van der Waals surface area contributed by atoms with Gasteiger partial charge in [-0.1, -0.05) is 11.6 Å². The predicted molar refractivity (Wildman–Crippen MR) is 95.4 cm³/mol. The van der Waals surface area contributed by atoms with Crippen LogP contribution in [0, 0.1) is 11.3 Å². The van der Waals surface area contributed by atoms with E-state index in [4.69, 9.17) is 20.8 Å². The average Bonchev–Trinajstić information content (AvgIpc) is 3.11. The van der Waals surface area contributed by atoms with Gasteiger partial charge in [0, 0.05) is 16.3 Å². The van der Waals surface area contributed by atoms with Crippen molar-refractivity contribution in [3.63, 3.8) is 0 Å². The van der Waals surface area contributed by atoms with Gasteiger partial charge in [0.2, 0.25) is 0 Å². The molecule has 1 aliphatic heterocycles. The first-order chi connectivity index (χ1) is 13.0. The molecule has 8 nitrogen and oxygen atoms in total. The number of oxazole rings is 1. The van der Waals surface area contributed by atoms with E-state index in [0.29, 0.717) is 22.0 Å². The summed E-state index contributed by atoms with van der Waals surface area (Å²) in [7, 11) is 0. The van der Waals surface area contributed by atoms with Crippen LogP contribution in [0.5, 0.6) is 0 Å². The second-order valence-electron chi connectivity index (χ2n) is 5.63. The average molecular weight is 387 g/mol. The van der Waals surface area contributed by atoms with Gasteiger partial charge in [-0.3, -0.25) is 0 Å². The van der Waals surface area contributed by atoms with Crippen molar-refractivity contribution in [3.8, 4) is 17.4 Å². The number of amides is 3. The lowest BCUT2D eigenvalue weighted by Gasteiger charge is -2.33. The molecule has 3 amide bonds. The fourth-order valence-corrected chi connectivity index (χ4v) is 2.92. The number of carbonyl (C=O) groups is 2. The Kier molecular flexibility index (Phi) is 5.14. The molecule has 9 heteroatoms. The number of nitrogens with one attached hydrogen (secondary N) is 1. The summed E-state index contributed by atoms with van der Waals surface area (Å²) in [5.41, 5.74) is 1.37. The van der Waals surface area contributed by atoms with Gasteiger partial charge in [-0.2, -0.15) is 5.26 Å². The van der Waals surface area contributed by atoms with Gasteiger partial charge in [-0.15, -0.1) is 0 Å². The van der Waals surface area contributed by atoms with Crippen LogP contribution in [0.2, 0.25) is 5.02 Å². The summed E-state index contributed by atoms with van der Waals surface area (Å²) in [6, 6.07) is 7.03. The van der Waals surface area contributed by atoms with Crippen LogP contribution < -0.4 is 5.32 Å². The highest BCUT2D eigenvalue weighted by atomic mass is 35.5. The van der Waals surface area contributed by atoms with Gasteiger partial charge in [0.1, 0.15) is 11.7 Å². The van der Waals surface area contributed by atoms with Crippen LogP contribution in [0.15, 0.2) is 46.3 Å². The van der Waals surface area contributed by atoms with Crippen LogP contribution in [0.1, 0.15) is 25.6 Å². The first kappa shape index (κ1) is 18.5. The first-order valence-electron chi connectivity index (χ1n) is 8.05. The largest absolute Gasteiger partial charge is 0.449 e. The highest BCUT2D eigenvalue weighted by molar-refractivity contribution is 6.30. The molecule has 0 aliphatic carbocycles. The quantitative estimate of drug-likeness (QED) is 0.853. The second kappa shape index (κ2) is 7.51. The number of urea groups is 1. The number of benzene rings is 1. The van der Waals surface area contributed by atoms with Crippen molar-refractivity contribution in [3.05, 3.63) is 52.6 Å². The van der Waals surface area contributed by atoms with Crippen molar-refractivity contribution in [1.29, 1.82) is 5.26 Å². The molecule has 3 rings (SSSR count). The Balaban J connectivity index is 2.16. The van der Waals surface area contributed by atoms with Crippen molar-refractivity contribution >= 4 is 23.7 Å². The predicted octanol–water partition coefficient (Wildman–Crippen LogP) is 4.02. The van der Waals surface area contributed by atoms with E-state index < -0.39 is 18.2 Å². The molecule has 2 aromatic rings. The maximum absolute atomic E-state index is 12.5. The molecule has 1 unspecified atom stereocenters. The number of hydrogen-bond acceptors (Lipinski definition) is 6. The summed E-state index contributed by atoms with van der Waals surface area (Å²) in [4.78, 5) is 29.9. The summed E-state index contributed by atoms with van der Waals surface area (Å²) in [6.07, 6.45) is 0.310. The normalized spacial score (nSPS) is 16.7. The number of ether oxygens (including phenoxy) is 1. The molecule has 0 saturated carbocycles. The van der Waals surface area contributed by atoms with Crippen LogP contribution >= 0.6 is 11.6 Å². The summed E-state index contributed by atoms with van der Waals surface area (Å²) >= 11 is 5.93. The van der Waals surface area contributed by atoms with E-state index in [1.807, 2.05) is 6.07 Å². The Bertz CT molecular complexity index is 958. The maximum atomic E-state index is 12.5. The number of nitriles is 1. The Hall–Kier alpha value is -3.31. The number of halogens is 1. The summed E-state index contributed by atoms with van der Waals surface area (Å²) in [5, 5.41) is 12.7. The molecular formula is C18H15ClN4O4. The Morgan fingerprint density at radius 3 is 2.78 bits per heavy atom. The number of allylic oxidation sites excluding steroid dienone is 1. The SMILES string of the molecule is CCOC(=O)N1C(=O)NC(C)=C(C#N)C1c1ncoc1-c1ccc(Cl)cc1. The molecule has 0 spiro atoms. The van der Waals surface area contributed by atoms with Crippen molar-refractivity contribution < 1.29 is 18.7 Å². The van der Waals surface area contributed by atoms with E-state index in [9.17, 15) is 14.9 Å². The van der Waals surface area contributed by atoms with Gasteiger partial charge in [0.25, 0.3) is 0 Å². The molecule has 2 heterocycles. The van der Waals surface area contributed by atoms with E-state index in [-0.39, 0.29) is 17.9 Å². The maximum Gasteiger partial charge on any atom is 0.418 e. The molecule has 1 aliphatic rings. The monoisotopic (exact) mass is 386 g/mol. The van der Waals surface area contributed by atoms with E-state index in [2.05, 4.69) is 10.3 Å². The fourth-order valence-electron chi connectivity index (χ4n) is 2.79. The number of carbonyl (C=O) groups excluding carboxylic acids is 2. The summed E-state index contributed by atoms with van der Waals surface area (Å²) in [5.74, 6) is 0.321. The molecule has 1 aromatic carbocycles. The Morgan fingerprint density at radius 2 is 2.15 bits per heavy atom. The van der Waals surface area contributed by atoms with Crippen molar-refractivity contribution in [2.45, 2.75) is 19.9 Å². The third-order valence-electron chi connectivity index (χ3n) is 3.99. The molecule has 27 heavy (non-hydrogen) atoms. The fraction of sp³-hybridized carbons (Fsp3) is 0.222.